The van der Waals surface area contributed by atoms with Crippen LogP contribution in [0.1, 0.15) is 24.0 Å². The van der Waals surface area contributed by atoms with Crippen LogP contribution in [0.25, 0.3) is 10.9 Å². The van der Waals surface area contributed by atoms with E-state index in [1.165, 1.54) is 16.6 Å². The van der Waals surface area contributed by atoms with Gasteiger partial charge in [-0.25, -0.2) is 4.79 Å². The number of carbonyl (C=O) groups excluding carboxylic acids is 1. The number of fused-ring (bicyclic) bond motifs is 1. The van der Waals surface area contributed by atoms with Crippen molar-refractivity contribution in [2.45, 2.75) is 32.4 Å². The lowest BCUT2D eigenvalue weighted by molar-refractivity contribution is -0.118. The Balaban J connectivity index is 1.61. The summed E-state index contributed by atoms with van der Waals surface area (Å²) >= 11 is 0. The number of methoxy groups -OCH3 is 1. The Hall–Kier alpha value is -4.11. The van der Waals surface area contributed by atoms with Gasteiger partial charge in [-0.15, -0.1) is 0 Å². The predicted octanol–water partition coefficient (Wildman–Crippen LogP) is 2.80. The maximum Gasteiger partial charge on any atom is 0.330 e. The van der Waals surface area contributed by atoms with Crippen LogP contribution in [0.15, 0.2) is 70.4 Å². The van der Waals surface area contributed by atoms with Crippen molar-refractivity contribution < 1.29 is 9.53 Å². The number of aromatic amines is 2. The van der Waals surface area contributed by atoms with Gasteiger partial charge in [0.05, 0.1) is 19.7 Å². The van der Waals surface area contributed by atoms with Crippen molar-refractivity contribution in [3.63, 3.8) is 0 Å². The number of carbonyl (C=O) groups is 1. The molecule has 9 heteroatoms. The second-order valence-corrected chi connectivity index (χ2v) is 8.32. The fraction of sp³-hybridized carbons (Fsp3) is 0.269. The third-order valence-electron chi connectivity index (χ3n) is 6.00. The first-order valence-corrected chi connectivity index (χ1v) is 11.5. The summed E-state index contributed by atoms with van der Waals surface area (Å²) in [5.74, 6) is -0.306. The first-order chi connectivity index (χ1) is 17.0. The summed E-state index contributed by atoms with van der Waals surface area (Å²) in [6, 6.07) is 17.4. The fourth-order valence-electron chi connectivity index (χ4n) is 4.20. The van der Waals surface area contributed by atoms with Crippen LogP contribution in [0.2, 0.25) is 0 Å². The third kappa shape index (κ3) is 5.36. The molecule has 1 amide bonds. The van der Waals surface area contributed by atoms with E-state index in [1.54, 1.807) is 0 Å². The maximum absolute atomic E-state index is 13.5. The molecule has 182 valence electrons. The quantitative estimate of drug-likeness (QED) is 0.325. The van der Waals surface area contributed by atoms with Crippen molar-refractivity contribution in [3.05, 3.63) is 92.8 Å². The molecule has 0 unspecified atom stereocenters. The van der Waals surface area contributed by atoms with Crippen molar-refractivity contribution in [2.75, 3.05) is 24.4 Å². The van der Waals surface area contributed by atoms with Gasteiger partial charge in [0.1, 0.15) is 5.82 Å². The van der Waals surface area contributed by atoms with E-state index in [1.807, 2.05) is 60.8 Å². The second kappa shape index (κ2) is 10.9. The number of nitrogens with one attached hydrogen (secondary N) is 2. The Morgan fingerprint density at radius 2 is 1.83 bits per heavy atom. The molecular weight excluding hydrogens is 446 g/mol. The number of anilines is 2. The Morgan fingerprint density at radius 1 is 1.09 bits per heavy atom. The van der Waals surface area contributed by atoms with Gasteiger partial charge in [0.2, 0.25) is 5.91 Å². The summed E-state index contributed by atoms with van der Waals surface area (Å²) in [6.45, 7) is 0.536. The molecule has 2 aromatic heterocycles. The lowest BCUT2D eigenvalue weighted by atomic mass is 10.1. The number of aryl methyl sites for hydroxylation is 1. The van der Waals surface area contributed by atoms with Gasteiger partial charge >= 0.3 is 5.69 Å². The monoisotopic (exact) mass is 475 g/mol. The number of nitrogen functional groups attached to an aromatic ring is 1. The summed E-state index contributed by atoms with van der Waals surface area (Å²) in [5.41, 5.74) is 7.94. The zero-order valence-corrected chi connectivity index (χ0v) is 19.6. The van der Waals surface area contributed by atoms with E-state index < -0.39 is 11.2 Å². The number of para-hydroxylation sites is 1. The van der Waals surface area contributed by atoms with Crippen LogP contribution in [0, 0.1) is 0 Å². The highest BCUT2D eigenvalue weighted by Gasteiger charge is 2.24. The molecule has 2 aromatic carbocycles. The number of ether oxygens (including phenoxy) is 1. The highest BCUT2D eigenvalue weighted by molar-refractivity contribution is 5.95. The normalized spacial score (nSPS) is 11.1. The minimum atomic E-state index is -0.693. The molecule has 4 N–H and O–H groups in total. The SMILES string of the molecule is COCCn1c(N)c(N(Cc2ccccc2)C(=O)CCCc2c[nH]c3ccccc23)c(=O)[nH]c1=O. The molecule has 0 bridgehead atoms. The lowest BCUT2D eigenvalue weighted by Crippen LogP contribution is -2.41. The summed E-state index contributed by atoms with van der Waals surface area (Å²) in [7, 11) is 1.51. The molecule has 0 aliphatic carbocycles. The van der Waals surface area contributed by atoms with Gasteiger partial charge < -0.3 is 20.4 Å². The minimum Gasteiger partial charge on any atom is -0.383 e. The Labute approximate surface area is 202 Å². The van der Waals surface area contributed by atoms with E-state index in [2.05, 4.69) is 9.97 Å². The highest BCUT2D eigenvalue weighted by Crippen LogP contribution is 2.23. The Morgan fingerprint density at radius 3 is 2.60 bits per heavy atom. The van der Waals surface area contributed by atoms with Crippen LogP contribution >= 0.6 is 0 Å². The van der Waals surface area contributed by atoms with E-state index in [0.717, 1.165) is 22.0 Å². The first-order valence-electron chi connectivity index (χ1n) is 11.5. The minimum absolute atomic E-state index is 0.0262. The number of hydrogen-bond donors (Lipinski definition) is 3. The number of benzene rings is 2. The summed E-state index contributed by atoms with van der Waals surface area (Å²) in [6.07, 6.45) is 3.47. The smallest absolute Gasteiger partial charge is 0.330 e. The topological polar surface area (TPSA) is 126 Å². The van der Waals surface area contributed by atoms with Crippen LogP contribution in [-0.2, 0) is 29.0 Å². The van der Waals surface area contributed by atoms with Gasteiger partial charge in [-0.05, 0) is 30.0 Å². The molecule has 9 nitrogen and oxygen atoms in total. The fourth-order valence-corrected chi connectivity index (χ4v) is 4.20. The van der Waals surface area contributed by atoms with E-state index in [9.17, 15) is 14.4 Å². The maximum atomic E-state index is 13.5. The molecule has 0 aliphatic heterocycles. The van der Waals surface area contributed by atoms with Gasteiger partial charge in [-0.2, -0.15) is 0 Å². The molecule has 0 saturated carbocycles. The average molecular weight is 476 g/mol. The van der Waals surface area contributed by atoms with Crippen molar-refractivity contribution >= 4 is 28.3 Å². The summed E-state index contributed by atoms with van der Waals surface area (Å²) in [4.78, 5) is 45.6. The summed E-state index contributed by atoms with van der Waals surface area (Å²) in [5, 5.41) is 1.13. The number of nitrogens with two attached hydrogens (primary N) is 1. The number of amides is 1. The number of nitrogens with zero attached hydrogens (tertiary/aromatic N) is 2. The molecule has 0 radical (unpaired) electrons. The largest absolute Gasteiger partial charge is 0.383 e. The zero-order chi connectivity index (χ0) is 24.8. The standard InChI is InChI=1S/C26H29N5O4/c1-35-15-14-30-24(27)23(25(33)29-26(30)34)31(17-18-8-3-2-4-9-18)22(32)13-7-10-19-16-28-21-12-6-5-11-20(19)21/h2-6,8-9,11-12,16,28H,7,10,13-15,17,27H2,1H3,(H,29,33,34). The second-order valence-electron chi connectivity index (χ2n) is 8.32. The van der Waals surface area contributed by atoms with Crippen molar-refractivity contribution in [1.29, 1.82) is 0 Å². The van der Waals surface area contributed by atoms with Gasteiger partial charge in [-0.3, -0.25) is 19.1 Å². The number of H-pyrrole nitrogens is 2. The van der Waals surface area contributed by atoms with Crippen LogP contribution in [0.5, 0.6) is 0 Å². The van der Waals surface area contributed by atoms with Gasteiger partial charge in [0.25, 0.3) is 5.56 Å². The molecule has 4 aromatic rings. The molecule has 2 heterocycles. The summed E-state index contributed by atoms with van der Waals surface area (Å²) < 4.78 is 6.28. The third-order valence-corrected chi connectivity index (χ3v) is 6.00. The van der Waals surface area contributed by atoms with Crippen LogP contribution in [0.3, 0.4) is 0 Å². The highest BCUT2D eigenvalue weighted by atomic mass is 16.5. The molecule has 0 fully saturated rings. The van der Waals surface area contributed by atoms with Gasteiger partial charge in [0.15, 0.2) is 5.69 Å². The predicted molar refractivity (Wildman–Crippen MR) is 136 cm³/mol. The number of rotatable bonds is 10. The molecular formula is C26H29N5O4. The lowest BCUT2D eigenvalue weighted by Gasteiger charge is -2.25. The van der Waals surface area contributed by atoms with Crippen molar-refractivity contribution in [2.24, 2.45) is 0 Å². The Kier molecular flexibility index (Phi) is 7.47. The molecule has 0 atom stereocenters. The van der Waals surface area contributed by atoms with E-state index in [-0.39, 0.29) is 43.5 Å². The van der Waals surface area contributed by atoms with Crippen LogP contribution < -0.4 is 21.9 Å². The number of aromatic nitrogens is 3. The molecule has 0 aliphatic rings. The molecule has 4 rings (SSSR count). The number of hydrogen-bond acceptors (Lipinski definition) is 5. The molecule has 35 heavy (non-hydrogen) atoms. The Bertz CT molecular complexity index is 1420. The van der Waals surface area contributed by atoms with Gasteiger partial charge in [-0.1, -0.05) is 48.5 Å². The van der Waals surface area contributed by atoms with Crippen molar-refractivity contribution in [1.82, 2.24) is 14.5 Å². The average Bonchev–Trinajstić information content (AvgIpc) is 3.27. The van der Waals surface area contributed by atoms with Crippen LogP contribution in [-0.4, -0.2) is 34.2 Å². The van der Waals surface area contributed by atoms with Crippen molar-refractivity contribution in [3.8, 4) is 0 Å². The first kappa shape index (κ1) is 24.0. The molecule has 0 spiro atoms. The van der Waals surface area contributed by atoms with Crippen LogP contribution in [0.4, 0.5) is 11.5 Å². The van der Waals surface area contributed by atoms with E-state index in [4.69, 9.17) is 10.5 Å². The molecule has 0 saturated heterocycles. The van der Waals surface area contributed by atoms with E-state index in [0.29, 0.717) is 12.8 Å². The van der Waals surface area contributed by atoms with E-state index >= 15 is 0 Å². The van der Waals surface area contributed by atoms with Gasteiger partial charge in [0, 0.05) is 30.6 Å². The zero-order valence-electron chi connectivity index (χ0n) is 19.6.